The number of methoxy groups -OCH3 is 1. The normalized spacial score (nSPS) is 13.7. The molecule has 0 radical (unpaired) electrons. The van der Waals surface area contributed by atoms with E-state index >= 15 is 0 Å². The van der Waals surface area contributed by atoms with Crippen molar-refractivity contribution in [3.05, 3.63) is 16.3 Å². The van der Waals surface area contributed by atoms with Gasteiger partial charge in [0.05, 0.1) is 12.0 Å². The van der Waals surface area contributed by atoms with Crippen molar-refractivity contribution in [2.24, 2.45) is 0 Å². The smallest absolute Gasteiger partial charge is 0.350 e. The Labute approximate surface area is 110 Å². The molecule has 0 fully saturated rings. The van der Waals surface area contributed by atoms with Crippen LogP contribution in [-0.4, -0.2) is 33.8 Å². The predicted octanol–water partition coefficient (Wildman–Crippen LogP) is 1.28. The van der Waals surface area contributed by atoms with Gasteiger partial charge in [-0.15, -0.1) is 5.10 Å². The second-order valence-corrected chi connectivity index (χ2v) is 4.25. The lowest BCUT2D eigenvalue weighted by atomic mass is 10.2. The number of hydrogen-bond acceptors (Lipinski definition) is 5. The van der Waals surface area contributed by atoms with Gasteiger partial charge in [0.1, 0.15) is 12.2 Å². The van der Waals surface area contributed by atoms with E-state index in [1.54, 1.807) is 6.92 Å². The van der Waals surface area contributed by atoms with E-state index in [0.717, 1.165) is 6.42 Å². The van der Waals surface area contributed by atoms with Crippen molar-refractivity contribution in [3.8, 4) is 5.88 Å². The second-order valence-electron chi connectivity index (χ2n) is 4.25. The van der Waals surface area contributed by atoms with Crippen LogP contribution in [0.4, 0.5) is 5.69 Å². The molecule has 1 aromatic heterocycles. The van der Waals surface area contributed by atoms with E-state index in [2.05, 4.69) is 10.4 Å². The first-order valence-corrected chi connectivity index (χ1v) is 5.98. The largest absolute Gasteiger partial charge is 0.475 e. The molecule has 8 nitrogen and oxygen atoms in total. The number of amides is 1. The molecule has 0 saturated heterocycles. The molecule has 106 valence electrons. The first-order chi connectivity index (χ1) is 8.90. The number of rotatable bonds is 6. The molecule has 0 spiro atoms. The average molecular weight is 270 g/mol. The van der Waals surface area contributed by atoms with Crippen LogP contribution in [0.1, 0.15) is 33.2 Å². The van der Waals surface area contributed by atoms with E-state index in [4.69, 9.17) is 4.74 Å². The minimum absolute atomic E-state index is 0.0439. The van der Waals surface area contributed by atoms with E-state index in [1.807, 2.05) is 13.8 Å². The maximum absolute atomic E-state index is 11.9. The summed E-state index contributed by atoms with van der Waals surface area (Å²) in [6, 6.07) is -0.598. The molecule has 8 heteroatoms. The van der Waals surface area contributed by atoms with Crippen molar-refractivity contribution in [1.29, 1.82) is 0 Å². The Morgan fingerprint density at radius 2 is 2.26 bits per heavy atom. The number of nitro groups is 1. The SMILES string of the molecule is CCC(C)NC(=O)C(C)n1cc([N+](=O)[O-])c(OC)n1. The number of ether oxygens (including phenoxy) is 1. The van der Waals surface area contributed by atoms with E-state index in [0.29, 0.717) is 0 Å². The molecule has 0 aliphatic heterocycles. The molecule has 0 bridgehead atoms. The van der Waals surface area contributed by atoms with Crippen LogP contribution in [0.15, 0.2) is 6.20 Å². The summed E-state index contributed by atoms with van der Waals surface area (Å²) in [6.07, 6.45) is 2.00. The summed E-state index contributed by atoms with van der Waals surface area (Å²) in [5.74, 6) is -0.345. The van der Waals surface area contributed by atoms with Gasteiger partial charge >= 0.3 is 11.6 Å². The zero-order valence-corrected chi connectivity index (χ0v) is 11.4. The highest BCUT2D eigenvalue weighted by Gasteiger charge is 2.25. The van der Waals surface area contributed by atoms with Gasteiger partial charge in [-0.05, 0) is 20.3 Å². The van der Waals surface area contributed by atoms with E-state index in [9.17, 15) is 14.9 Å². The summed E-state index contributed by atoms with van der Waals surface area (Å²) in [7, 11) is 1.30. The quantitative estimate of drug-likeness (QED) is 0.620. The maximum atomic E-state index is 11.9. The van der Waals surface area contributed by atoms with Crippen LogP contribution < -0.4 is 10.1 Å². The molecule has 1 N–H and O–H groups in total. The van der Waals surface area contributed by atoms with Crippen LogP contribution in [0.25, 0.3) is 0 Å². The second kappa shape index (κ2) is 6.17. The molecule has 1 aromatic rings. The van der Waals surface area contributed by atoms with Gasteiger partial charge in [-0.25, -0.2) is 4.68 Å². The first kappa shape index (κ1) is 14.9. The summed E-state index contributed by atoms with van der Waals surface area (Å²) in [5, 5.41) is 17.5. The molecule has 2 atom stereocenters. The Bertz CT molecular complexity index is 471. The summed E-state index contributed by atoms with van der Waals surface area (Å²) in [5.41, 5.74) is -0.259. The molecule has 0 saturated carbocycles. The minimum atomic E-state index is -0.642. The van der Waals surface area contributed by atoms with Crippen LogP contribution in [0, 0.1) is 10.1 Å². The van der Waals surface area contributed by atoms with Gasteiger partial charge in [0, 0.05) is 6.04 Å². The third kappa shape index (κ3) is 3.43. The van der Waals surface area contributed by atoms with Crippen LogP contribution in [-0.2, 0) is 4.79 Å². The lowest BCUT2D eigenvalue weighted by Crippen LogP contribution is -2.37. The molecule has 0 aliphatic carbocycles. The predicted molar refractivity (Wildman–Crippen MR) is 68.0 cm³/mol. The highest BCUT2D eigenvalue weighted by Crippen LogP contribution is 2.25. The van der Waals surface area contributed by atoms with Crippen molar-refractivity contribution in [1.82, 2.24) is 15.1 Å². The molecule has 1 amide bonds. The zero-order valence-electron chi connectivity index (χ0n) is 11.4. The number of nitrogens with one attached hydrogen (secondary N) is 1. The molecule has 19 heavy (non-hydrogen) atoms. The lowest BCUT2D eigenvalue weighted by Gasteiger charge is -2.16. The molecule has 1 rings (SSSR count). The van der Waals surface area contributed by atoms with Gasteiger partial charge in [0.2, 0.25) is 5.91 Å². The number of carbonyl (C=O) groups excluding carboxylic acids is 1. The highest BCUT2D eigenvalue weighted by atomic mass is 16.6. The third-order valence-electron chi connectivity index (χ3n) is 2.85. The Balaban J connectivity index is 2.90. The number of aromatic nitrogens is 2. The zero-order chi connectivity index (χ0) is 14.6. The fraction of sp³-hybridized carbons (Fsp3) is 0.636. The van der Waals surface area contributed by atoms with E-state index in [-0.39, 0.29) is 23.5 Å². The van der Waals surface area contributed by atoms with Crippen molar-refractivity contribution in [2.75, 3.05) is 7.11 Å². The summed E-state index contributed by atoms with van der Waals surface area (Å²) < 4.78 is 6.04. The molecular formula is C11H18N4O4. The van der Waals surface area contributed by atoms with Gasteiger partial charge in [0.15, 0.2) is 0 Å². The Hall–Kier alpha value is -2.12. The van der Waals surface area contributed by atoms with Crippen LogP contribution in [0.5, 0.6) is 5.88 Å². The topological polar surface area (TPSA) is 99.3 Å². The van der Waals surface area contributed by atoms with E-state index < -0.39 is 11.0 Å². The molecule has 2 unspecified atom stereocenters. The Morgan fingerprint density at radius 1 is 1.63 bits per heavy atom. The van der Waals surface area contributed by atoms with Gasteiger partial charge in [0.25, 0.3) is 0 Å². The summed E-state index contributed by atoms with van der Waals surface area (Å²) in [4.78, 5) is 22.1. The molecule has 0 aromatic carbocycles. The van der Waals surface area contributed by atoms with Crippen LogP contribution in [0.3, 0.4) is 0 Å². The standard InChI is InChI=1S/C11H18N4O4/c1-5-7(2)12-10(16)8(3)14-6-9(15(17)18)11(13-14)19-4/h6-8H,5H2,1-4H3,(H,12,16). The van der Waals surface area contributed by atoms with Crippen LogP contribution in [0.2, 0.25) is 0 Å². The molecule has 0 aliphatic rings. The van der Waals surface area contributed by atoms with Gasteiger partial charge in [-0.1, -0.05) is 6.92 Å². The fourth-order valence-corrected chi connectivity index (χ4v) is 1.42. The Morgan fingerprint density at radius 3 is 2.68 bits per heavy atom. The lowest BCUT2D eigenvalue weighted by molar-refractivity contribution is -0.385. The van der Waals surface area contributed by atoms with Gasteiger partial charge in [-0.2, -0.15) is 0 Å². The average Bonchev–Trinajstić information content (AvgIpc) is 2.81. The highest BCUT2D eigenvalue weighted by molar-refractivity contribution is 5.80. The van der Waals surface area contributed by atoms with Crippen molar-refractivity contribution < 1.29 is 14.5 Å². The monoisotopic (exact) mass is 270 g/mol. The Kier molecular flexibility index (Phi) is 4.85. The molecule has 1 heterocycles. The van der Waals surface area contributed by atoms with Crippen LogP contribution >= 0.6 is 0 Å². The van der Waals surface area contributed by atoms with Gasteiger partial charge < -0.3 is 10.1 Å². The number of nitrogens with zero attached hydrogens (tertiary/aromatic N) is 3. The fourth-order valence-electron chi connectivity index (χ4n) is 1.42. The van der Waals surface area contributed by atoms with Crippen molar-refractivity contribution >= 4 is 11.6 Å². The third-order valence-corrected chi connectivity index (χ3v) is 2.85. The summed E-state index contributed by atoms with van der Waals surface area (Å²) >= 11 is 0. The molecular weight excluding hydrogens is 252 g/mol. The summed E-state index contributed by atoms with van der Waals surface area (Å²) in [6.45, 7) is 5.46. The number of hydrogen-bond donors (Lipinski definition) is 1. The first-order valence-electron chi connectivity index (χ1n) is 5.98. The minimum Gasteiger partial charge on any atom is -0.475 e. The van der Waals surface area contributed by atoms with E-state index in [1.165, 1.54) is 18.0 Å². The van der Waals surface area contributed by atoms with Crippen molar-refractivity contribution in [3.63, 3.8) is 0 Å². The van der Waals surface area contributed by atoms with Gasteiger partial charge in [-0.3, -0.25) is 14.9 Å². The van der Waals surface area contributed by atoms with Crippen molar-refractivity contribution in [2.45, 2.75) is 39.3 Å². The number of carbonyl (C=O) groups is 1. The maximum Gasteiger partial charge on any atom is 0.350 e.